The summed E-state index contributed by atoms with van der Waals surface area (Å²) < 4.78 is 5.63. The number of nitrogens with zero attached hydrogens (tertiary/aromatic N) is 1. The maximum Gasteiger partial charge on any atom is 0.101 e. The fourth-order valence-electron chi connectivity index (χ4n) is 1.83. The molecule has 0 saturated carbocycles. The first-order valence-electron chi connectivity index (χ1n) is 5.06. The van der Waals surface area contributed by atoms with Gasteiger partial charge in [-0.2, -0.15) is 0 Å². The summed E-state index contributed by atoms with van der Waals surface area (Å²) in [6.07, 6.45) is 3.03. The predicted molar refractivity (Wildman–Crippen MR) is 58.1 cm³/mol. The van der Waals surface area contributed by atoms with Crippen LogP contribution in [0.3, 0.4) is 0 Å². The first-order chi connectivity index (χ1) is 6.76. The second-order valence-corrected chi connectivity index (χ2v) is 3.80. The molecule has 0 aliphatic carbocycles. The highest BCUT2D eigenvalue weighted by atomic mass is 16.5. The number of likely N-dealkylation sites (tertiary alicyclic amines) is 1. The molecule has 2 aliphatic rings. The highest BCUT2D eigenvalue weighted by Crippen LogP contribution is 2.27. The summed E-state index contributed by atoms with van der Waals surface area (Å²) in [5.41, 5.74) is 0.105. The zero-order chi connectivity index (χ0) is 10.4. The molecule has 2 heterocycles. The quantitative estimate of drug-likeness (QED) is 0.623. The van der Waals surface area contributed by atoms with Gasteiger partial charge in [-0.05, 0) is 26.7 Å². The van der Waals surface area contributed by atoms with Gasteiger partial charge < -0.3 is 15.0 Å². The van der Waals surface area contributed by atoms with Gasteiger partial charge in [0.15, 0.2) is 0 Å². The smallest absolute Gasteiger partial charge is 0.101 e. The maximum atomic E-state index is 5.63. The van der Waals surface area contributed by atoms with E-state index in [1.165, 1.54) is 0 Å². The van der Waals surface area contributed by atoms with Crippen LogP contribution in [0.1, 0.15) is 6.42 Å². The molecule has 14 heavy (non-hydrogen) atoms. The van der Waals surface area contributed by atoms with Crippen molar-refractivity contribution < 1.29 is 4.74 Å². The Balaban J connectivity index is 0.000000293. The van der Waals surface area contributed by atoms with Gasteiger partial charge in [0.1, 0.15) is 5.60 Å². The standard InChI is InChI=1S/C8H14N2O.C2H7N/c1-2-10-4-3-8(6-10)5-9-7-11-8;1-3-2/h2,9H,1,3-7H2;3H,1-2H3. The van der Waals surface area contributed by atoms with Gasteiger partial charge >= 0.3 is 0 Å². The van der Waals surface area contributed by atoms with Crippen LogP contribution in [0.15, 0.2) is 12.8 Å². The fraction of sp³-hybridized carbons (Fsp3) is 0.800. The molecule has 4 heteroatoms. The van der Waals surface area contributed by atoms with E-state index in [4.69, 9.17) is 4.74 Å². The van der Waals surface area contributed by atoms with E-state index < -0.39 is 0 Å². The number of nitrogens with one attached hydrogen (secondary N) is 2. The van der Waals surface area contributed by atoms with Crippen LogP contribution in [-0.4, -0.2) is 51.0 Å². The second kappa shape index (κ2) is 5.34. The molecule has 4 nitrogen and oxygen atoms in total. The summed E-state index contributed by atoms with van der Waals surface area (Å²) in [4.78, 5) is 2.22. The number of hydrogen-bond acceptors (Lipinski definition) is 4. The second-order valence-electron chi connectivity index (χ2n) is 3.80. The van der Waals surface area contributed by atoms with E-state index >= 15 is 0 Å². The molecule has 2 aliphatic heterocycles. The third-order valence-electron chi connectivity index (χ3n) is 2.53. The van der Waals surface area contributed by atoms with E-state index in [0.717, 1.165) is 26.1 Å². The lowest BCUT2D eigenvalue weighted by Crippen LogP contribution is -2.35. The summed E-state index contributed by atoms with van der Waals surface area (Å²) in [6.45, 7) is 7.55. The Labute approximate surface area is 86.3 Å². The van der Waals surface area contributed by atoms with Gasteiger partial charge in [-0.1, -0.05) is 6.58 Å². The zero-order valence-electron chi connectivity index (χ0n) is 9.18. The lowest BCUT2D eigenvalue weighted by molar-refractivity contribution is 0.0222. The van der Waals surface area contributed by atoms with Crippen LogP contribution < -0.4 is 10.6 Å². The van der Waals surface area contributed by atoms with Gasteiger partial charge in [-0.15, -0.1) is 0 Å². The van der Waals surface area contributed by atoms with Crippen LogP contribution in [-0.2, 0) is 4.74 Å². The SMILES string of the molecule is C=CN1CCC2(CNCO2)C1.CNC. The maximum absolute atomic E-state index is 5.63. The van der Waals surface area contributed by atoms with Crippen molar-refractivity contribution in [2.24, 2.45) is 0 Å². The summed E-state index contributed by atoms with van der Waals surface area (Å²) in [5.74, 6) is 0. The number of rotatable bonds is 1. The third-order valence-corrected chi connectivity index (χ3v) is 2.53. The van der Waals surface area contributed by atoms with Crippen molar-refractivity contribution in [3.63, 3.8) is 0 Å². The average molecular weight is 199 g/mol. The Morgan fingerprint density at radius 3 is 2.71 bits per heavy atom. The first-order valence-corrected chi connectivity index (χ1v) is 5.06. The summed E-state index contributed by atoms with van der Waals surface area (Å²) in [5, 5.41) is 5.97. The van der Waals surface area contributed by atoms with Crippen LogP contribution in [0.5, 0.6) is 0 Å². The van der Waals surface area contributed by atoms with Crippen molar-refractivity contribution in [2.75, 3.05) is 40.5 Å². The van der Waals surface area contributed by atoms with Gasteiger partial charge in [-0.25, -0.2) is 0 Å². The van der Waals surface area contributed by atoms with E-state index in [2.05, 4.69) is 22.1 Å². The van der Waals surface area contributed by atoms with E-state index in [1.54, 1.807) is 0 Å². The van der Waals surface area contributed by atoms with Crippen molar-refractivity contribution in [2.45, 2.75) is 12.0 Å². The normalized spacial score (nSPS) is 30.3. The molecular formula is C10H21N3O. The fourth-order valence-corrected chi connectivity index (χ4v) is 1.83. The minimum absolute atomic E-state index is 0.105. The topological polar surface area (TPSA) is 36.5 Å². The molecule has 1 atom stereocenters. The van der Waals surface area contributed by atoms with Crippen molar-refractivity contribution in [1.82, 2.24) is 15.5 Å². The van der Waals surface area contributed by atoms with Gasteiger partial charge in [0.25, 0.3) is 0 Å². The van der Waals surface area contributed by atoms with E-state index in [-0.39, 0.29) is 5.60 Å². The monoisotopic (exact) mass is 199 g/mol. The Hall–Kier alpha value is -0.580. The predicted octanol–water partition coefficient (Wildman–Crippen LogP) is -0.0127. The molecule has 1 spiro atoms. The zero-order valence-corrected chi connectivity index (χ0v) is 9.18. The van der Waals surface area contributed by atoms with Crippen molar-refractivity contribution in [3.05, 3.63) is 12.8 Å². The number of ether oxygens (including phenoxy) is 1. The molecule has 0 amide bonds. The first kappa shape index (κ1) is 11.5. The van der Waals surface area contributed by atoms with Crippen molar-refractivity contribution in [1.29, 1.82) is 0 Å². The largest absolute Gasteiger partial charge is 0.375 e. The van der Waals surface area contributed by atoms with E-state index in [0.29, 0.717) is 6.73 Å². The molecule has 2 rings (SSSR count). The van der Waals surface area contributed by atoms with Crippen molar-refractivity contribution >= 4 is 0 Å². The molecular weight excluding hydrogens is 178 g/mol. The molecule has 0 aromatic rings. The van der Waals surface area contributed by atoms with Crippen molar-refractivity contribution in [3.8, 4) is 0 Å². The van der Waals surface area contributed by atoms with Gasteiger partial charge in [-0.3, -0.25) is 5.32 Å². The molecule has 0 bridgehead atoms. The summed E-state index contributed by atoms with van der Waals surface area (Å²) in [6, 6.07) is 0. The van der Waals surface area contributed by atoms with Crippen LogP contribution in [0, 0.1) is 0 Å². The highest BCUT2D eigenvalue weighted by molar-refractivity contribution is 4.98. The molecule has 0 radical (unpaired) electrons. The molecule has 82 valence electrons. The highest BCUT2D eigenvalue weighted by Gasteiger charge is 2.40. The molecule has 1 unspecified atom stereocenters. The molecule has 2 fully saturated rings. The van der Waals surface area contributed by atoms with Gasteiger partial charge in [0.2, 0.25) is 0 Å². The van der Waals surface area contributed by atoms with Gasteiger partial charge in [0.05, 0.1) is 6.73 Å². The third kappa shape index (κ3) is 2.70. The Morgan fingerprint density at radius 1 is 1.57 bits per heavy atom. The minimum atomic E-state index is 0.105. The number of hydrogen-bond donors (Lipinski definition) is 2. The summed E-state index contributed by atoms with van der Waals surface area (Å²) in [7, 11) is 3.75. The van der Waals surface area contributed by atoms with E-state index in [9.17, 15) is 0 Å². The van der Waals surface area contributed by atoms with Crippen LogP contribution >= 0.6 is 0 Å². The van der Waals surface area contributed by atoms with Crippen LogP contribution in [0.25, 0.3) is 0 Å². The minimum Gasteiger partial charge on any atom is -0.375 e. The Bertz CT molecular complexity index is 178. The lowest BCUT2D eigenvalue weighted by atomic mass is 10.0. The molecule has 0 aromatic heterocycles. The molecule has 0 aromatic carbocycles. The molecule has 2 saturated heterocycles. The summed E-state index contributed by atoms with van der Waals surface area (Å²) >= 11 is 0. The average Bonchev–Trinajstić information content (AvgIpc) is 2.79. The van der Waals surface area contributed by atoms with E-state index in [1.807, 2.05) is 20.3 Å². The van der Waals surface area contributed by atoms with Crippen LogP contribution in [0.2, 0.25) is 0 Å². The Morgan fingerprint density at radius 2 is 2.29 bits per heavy atom. The molecule has 2 N–H and O–H groups in total. The Kier molecular flexibility index (Phi) is 4.38. The van der Waals surface area contributed by atoms with Gasteiger partial charge in [0, 0.05) is 19.6 Å². The van der Waals surface area contributed by atoms with Crippen LogP contribution in [0.4, 0.5) is 0 Å². The lowest BCUT2D eigenvalue weighted by Gasteiger charge is -2.20.